The van der Waals surface area contributed by atoms with E-state index in [1.165, 1.54) is 0 Å². The summed E-state index contributed by atoms with van der Waals surface area (Å²) in [6, 6.07) is -1.28. The number of hydrogen-bond acceptors (Lipinski definition) is 5. The van der Waals surface area contributed by atoms with Gasteiger partial charge < -0.3 is 20.7 Å². The fourth-order valence-corrected chi connectivity index (χ4v) is 1.15. The van der Waals surface area contributed by atoms with E-state index in [-0.39, 0.29) is 0 Å². The Bertz CT molecular complexity index is 248. The first-order valence-electron chi connectivity index (χ1n) is 5.48. The Kier molecular flexibility index (Phi) is 8.29. The van der Waals surface area contributed by atoms with Crippen molar-refractivity contribution < 1.29 is 14.3 Å². The van der Waals surface area contributed by atoms with E-state index in [1.807, 2.05) is 12.4 Å². The first-order chi connectivity index (χ1) is 7.97. The second-order valence-corrected chi connectivity index (χ2v) is 3.83. The molecule has 0 aliphatic carbocycles. The summed E-state index contributed by atoms with van der Waals surface area (Å²) in [4.78, 5) is 23.8. The number of amides is 3. The molecule has 17 heavy (non-hydrogen) atoms. The van der Waals surface area contributed by atoms with Gasteiger partial charge in [-0.1, -0.05) is 0 Å². The summed E-state index contributed by atoms with van der Waals surface area (Å²) in [5.74, 6) is -0.419. The van der Waals surface area contributed by atoms with Gasteiger partial charge in [0.25, 0.3) is 0 Å². The zero-order chi connectivity index (χ0) is 13.3. The Balaban J connectivity index is 3.66. The van der Waals surface area contributed by atoms with E-state index in [0.29, 0.717) is 13.2 Å². The number of likely N-dealkylation sites (N-methyl/N-ethyl adjacent to an activating group) is 1. The Hall–Kier alpha value is -1.18. The number of nitrogens with zero attached hydrogens (tertiary/aromatic N) is 1. The molecule has 7 nitrogen and oxygen atoms in total. The molecule has 100 valence electrons. The largest absolute Gasteiger partial charge is 0.383 e. The van der Waals surface area contributed by atoms with Gasteiger partial charge >= 0.3 is 6.03 Å². The number of imide groups is 1. The highest BCUT2D eigenvalue weighted by Crippen LogP contribution is 1.84. The minimum absolute atomic E-state index is 0.419. The number of methoxy groups -OCH3 is 1. The zero-order valence-corrected chi connectivity index (χ0v) is 10.7. The van der Waals surface area contributed by atoms with Gasteiger partial charge in [-0.2, -0.15) is 0 Å². The van der Waals surface area contributed by atoms with Crippen LogP contribution in [0.5, 0.6) is 0 Å². The van der Waals surface area contributed by atoms with Crippen LogP contribution < -0.4 is 16.4 Å². The van der Waals surface area contributed by atoms with Crippen molar-refractivity contribution in [2.24, 2.45) is 5.73 Å². The van der Waals surface area contributed by atoms with Crippen LogP contribution in [0.1, 0.15) is 6.92 Å². The summed E-state index contributed by atoms with van der Waals surface area (Å²) in [5.41, 5.74) is 4.84. The molecule has 0 heterocycles. The predicted molar refractivity (Wildman–Crippen MR) is 64.6 cm³/mol. The maximum Gasteiger partial charge on any atom is 0.318 e. The summed E-state index contributed by atoms with van der Waals surface area (Å²) < 4.78 is 4.94. The van der Waals surface area contributed by atoms with E-state index in [1.54, 1.807) is 14.0 Å². The molecule has 1 atom stereocenters. The predicted octanol–water partition coefficient (Wildman–Crippen LogP) is -1.26. The maximum absolute atomic E-state index is 11.3. The standard InChI is InChI=1S/C10H22N4O3/c1-8(9(15)13-10(11)16)12-4-5-14(2)6-7-17-3/h8,12H,4-7H2,1-3H3,(H3,11,13,15,16). The lowest BCUT2D eigenvalue weighted by Gasteiger charge is -2.18. The number of nitrogens with one attached hydrogen (secondary N) is 2. The molecule has 3 amide bonds. The number of ether oxygens (including phenoxy) is 1. The average Bonchev–Trinajstić information content (AvgIpc) is 2.25. The minimum atomic E-state index is -0.833. The van der Waals surface area contributed by atoms with E-state index in [2.05, 4.69) is 10.2 Å². The van der Waals surface area contributed by atoms with Crippen LogP contribution in [-0.2, 0) is 9.53 Å². The number of nitrogens with two attached hydrogens (primary N) is 1. The van der Waals surface area contributed by atoms with Gasteiger partial charge in [0, 0.05) is 26.7 Å². The number of primary amides is 1. The van der Waals surface area contributed by atoms with Crippen LogP contribution in [0.2, 0.25) is 0 Å². The molecule has 0 spiro atoms. The van der Waals surface area contributed by atoms with Crippen LogP contribution >= 0.6 is 0 Å². The highest BCUT2D eigenvalue weighted by molar-refractivity contribution is 5.96. The molecule has 0 saturated heterocycles. The smallest absolute Gasteiger partial charge is 0.318 e. The summed E-state index contributed by atoms with van der Waals surface area (Å²) in [7, 11) is 3.62. The molecule has 0 rings (SSSR count). The molecule has 0 radical (unpaired) electrons. The molecule has 0 saturated carbocycles. The summed E-state index contributed by atoms with van der Waals surface area (Å²) in [6.45, 7) is 4.62. The third-order valence-corrected chi connectivity index (χ3v) is 2.26. The molecular weight excluding hydrogens is 224 g/mol. The molecule has 7 heteroatoms. The Morgan fingerprint density at radius 3 is 2.59 bits per heavy atom. The monoisotopic (exact) mass is 246 g/mol. The number of urea groups is 1. The molecule has 0 fully saturated rings. The Morgan fingerprint density at radius 1 is 1.41 bits per heavy atom. The van der Waals surface area contributed by atoms with E-state index in [9.17, 15) is 9.59 Å². The van der Waals surface area contributed by atoms with Gasteiger partial charge in [0.1, 0.15) is 0 Å². The van der Waals surface area contributed by atoms with E-state index < -0.39 is 18.0 Å². The van der Waals surface area contributed by atoms with Gasteiger partial charge in [0.15, 0.2) is 0 Å². The van der Waals surface area contributed by atoms with Crippen molar-refractivity contribution >= 4 is 11.9 Å². The first-order valence-corrected chi connectivity index (χ1v) is 5.48. The second kappa shape index (κ2) is 8.91. The lowest BCUT2D eigenvalue weighted by atomic mass is 10.3. The molecule has 0 bridgehead atoms. The molecule has 0 aromatic rings. The molecule has 4 N–H and O–H groups in total. The quantitative estimate of drug-likeness (QED) is 0.496. The van der Waals surface area contributed by atoms with E-state index in [4.69, 9.17) is 10.5 Å². The van der Waals surface area contributed by atoms with Crippen molar-refractivity contribution in [2.45, 2.75) is 13.0 Å². The molecule has 0 aromatic carbocycles. The van der Waals surface area contributed by atoms with Crippen molar-refractivity contribution in [3.63, 3.8) is 0 Å². The van der Waals surface area contributed by atoms with Gasteiger partial charge in [-0.15, -0.1) is 0 Å². The number of carbonyl (C=O) groups is 2. The van der Waals surface area contributed by atoms with Gasteiger partial charge in [-0.05, 0) is 14.0 Å². The number of carbonyl (C=O) groups excluding carboxylic acids is 2. The van der Waals surface area contributed by atoms with Crippen LogP contribution in [-0.4, -0.2) is 63.3 Å². The van der Waals surface area contributed by atoms with Gasteiger partial charge in [0.05, 0.1) is 12.6 Å². The molecule has 0 aromatic heterocycles. The van der Waals surface area contributed by atoms with Crippen molar-refractivity contribution in [3.8, 4) is 0 Å². The minimum Gasteiger partial charge on any atom is -0.383 e. The third-order valence-electron chi connectivity index (χ3n) is 2.26. The zero-order valence-electron chi connectivity index (χ0n) is 10.7. The number of hydrogen-bond donors (Lipinski definition) is 3. The molecule has 1 unspecified atom stereocenters. The van der Waals surface area contributed by atoms with Gasteiger partial charge in [-0.25, -0.2) is 4.79 Å². The first kappa shape index (κ1) is 15.8. The normalized spacial score (nSPS) is 12.5. The van der Waals surface area contributed by atoms with E-state index >= 15 is 0 Å². The van der Waals surface area contributed by atoms with Crippen molar-refractivity contribution in [2.75, 3.05) is 40.4 Å². The van der Waals surface area contributed by atoms with Crippen molar-refractivity contribution in [3.05, 3.63) is 0 Å². The van der Waals surface area contributed by atoms with Gasteiger partial charge in [-0.3, -0.25) is 10.1 Å². The van der Waals surface area contributed by atoms with Gasteiger partial charge in [0.2, 0.25) is 5.91 Å². The van der Waals surface area contributed by atoms with Crippen LogP contribution in [0.3, 0.4) is 0 Å². The summed E-state index contributed by atoms with van der Waals surface area (Å²) in [5, 5.41) is 5.01. The second-order valence-electron chi connectivity index (χ2n) is 3.83. The van der Waals surface area contributed by atoms with Crippen LogP contribution in [0, 0.1) is 0 Å². The third kappa shape index (κ3) is 8.61. The highest BCUT2D eigenvalue weighted by atomic mass is 16.5. The van der Waals surface area contributed by atoms with E-state index in [0.717, 1.165) is 13.1 Å². The lowest BCUT2D eigenvalue weighted by Crippen LogP contribution is -2.47. The summed E-state index contributed by atoms with van der Waals surface area (Å²) >= 11 is 0. The topological polar surface area (TPSA) is 96.7 Å². The highest BCUT2D eigenvalue weighted by Gasteiger charge is 2.13. The SMILES string of the molecule is COCCN(C)CCNC(C)C(=O)NC(N)=O. The molecular formula is C10H22N4O3. The van der Waals surface area contributed by atoms with Crippen molar-refractivity contribution in [1.82, 2.24) is 15.5 Å². The fraction of sp³-hybridized carbons (Fsp3) is 0.800. The summed E-state index contributed by atoms with van der Waals surface area (Å²) in [6.07, 6.45) is 0. The molecule has 0 aliphatic rings. The fourth-order valence-electron chi connectivity index (χ4n) is 1.15. The Labute approximate surface area is 102 Å². The van der Waals surface area contributed by atoms with Crippen LogP contribution in [0.25, 0.3) is 0 Å². The number of rotatable bonds is 8. The van der Waals surface area contributed by atoms with Crippen molar-refractivity contribution in [1.29, 1.82) is 0 Å². The van der Waals surface area contributed by atoms with Crippen LogP contribution in [0.15, 0.2) is 0 Å². The maximum atomic E-state index is 11.3. The average molecular weight is 246 g/mol. The van der Waals surface area contributed by atoms with Crippen LogP contribution in [0.4, 0.5) is 4.79 Å². The Morgan fingerprint density at radius 2 is 2.06 bits per heavy atom. The lowest BCUT2D eigenvalue weighted by molar-refractivity contribution is -0.121. The molecule has 0 aliphatic heterocycles.